The van der Waals surface area contributed by atoms with Crippen LogP contribution in [-0.2, 0) is 9.31 Å². The predicted molar refractivity (Wildman–Crippen MR) is 79.5 cm³/mol. The average Bonchev–Trinajstić information content (AvgIpc) is 2.80. The van der Waals surface area contributed by atoms with Crippen LogP contribution in [0.15, 0.2) is 6.20 Å². The highest BCUT2D eigenvalue weighted by molar-refractivity contribution is 7.23. The van der Waals surface area contributed by atoms with Gasteiger partial charge in [0.25, 0.3) is 0 Å². The normalized spacial score (nSPS) is 24.7. The molecule has 1 aromatic rings. The molecule has 20 heavy (non-hydrogen) atoms. The van der Waals surface area contributed by atoms with E-state index in [1.165, 1.54) is 11.3 Å². The van der Waals surface area contributed by atoms with Gasteiger partial charge < -0.3 is 9.31 Å². The maximum atomic E-state index is 12.2. The van der Waals surface area contributed by atoms with Crippen LogP contribution >= 0.6 is 11.3 Å². The van der Waals surface area contributed by atoms with Gasteiger partial charge in [-0.15, -0.1) is 11.3 Å². The van der Waals surface area contributed by atoms with E-state index in [1.807, 2.05) is 27.7 Å². The average molecular weight is 293 g/mol. The first-order valence-electron chi connectivity index (χ1n) is 7.16. The largest absolute Gasteiger partial charge is 0.507 e. The van der Waals surface area contributed by atoms with E-state index in [-0.39, 0.29) is 22.9 Å². The lowest BCUT2D eigenvalue weighted by Crippen LogP contribution is -2.41. The van der Waals surface area contributed by atoms with Gasteiger partial charge in [-0.1, -0.05) is 6.42 Å². The standard InChI is InChI=1S/C14H20BNO3S/c1-13(2)14(3,4)19-15(18-13)10-8-16-12(20-10)11(17)9-6-5-7-9/h8-9H,5-7H2,1-4H3. The van der Waals surface area contributed by atoms with Crippen molar-refractivity contribution in [1.82, 2.24) is 4.98 Å². The van der Waals surface area contributed by atoms with Crippen molar-refractivity contribution in [3.63, 3.8) is 0 Å². The van der Waals surface area contributed by atoms with Gasteiger partial charge >= 0.3 is 7.12 Å². The lowest BCUT2D eigenvalue weighted by atomic mass is 9.82. The Kier molecular flexibility index (Phi) is 3.31. The molecule has 1 saturated heterocycles. The van der Waals surface area contributed by atoms with Crippen molar-refractivity contribution in [1.29, 1.82) is 0 Å². The third kappa shape index (κ3) is 2.24. The van der Waals surface area contributed by atoms with E-state index < -0.39 is 7.12 Å². The topological polar surface area (TPSA) is 48.4 Å². The highest BCUT2D eigenvalue weighted by atomic mass is 32.1. The van der Waals surface area contributed by atoms with Crippen LogP contribution < -0.4 is 4.78 Å². The second-order valence-electron chi connectivity index (χ2n) is 6.65. The molecule has 1 saturated carbocycles. The number of carbonyl (C=O) groups excluding carboxylic acids is 1. The van der Waals surface area contributed by atoms with Crippen LogP contribution in [0.1, 0.15) is 56.8 Å². The molecule has 4 nitrogen and oxygen atoms in total. The Balaban J connectivity index is 1.76. The summed E-state index contributed by atoms with van der Waals surface area (Å²) in [7, 11) is -0.416. The van der Waals surface area contributed by atoms with Gasteiger partial charge in [0.2, 0.25) is 0 Å². The van der Waals surface area contributed by atoms with Gasteiger partial charge in [-0.2, -0.15) is 0 Å². The summed E-state index contributed by atoms with van der Waals surface area (Å²) in [5, 5.41) is 0.597. The minimum Gasteiger partial charge on any atom is -0.399 e. The summed E-state index contributed by atoms with van der Waals surface area (Å²) in [6, 6.07) is 0. The van der Waals surface area contributed by atoms with Gasteiger partial charge in [-0.3, -0.25) is 4.79 Å². The van der Waals surface area contributed by atoms with Crippen molar-refractivity contribution < 1.29 is 14.1 Å². The zero-order valence-electron chi connectivity index (χ0n) is 12.4. The molecule has 1 aliphatic carbocycles. The molecule has 0 N–H and O–H groups in total. The number of Topliss-reactive ketones (excluding diaryl/α,β-unsaturated/α-hetero) is 1. The summed E-state index contributed by atoms with van der Waals surface area (Å²) >= 11 is 1.41. The van der Waals surface area contributed by atoms with E-state index in [2.05, 4.69) is 4.98 Å². The number of nitrogens with zero attached hydrogens (tertiary/aromatic N) is 1. The summed E-state index contributed by atoms with van der Waals surface area (Å²) in [5.74, 6) is 0.372. The van der Waals surface area contributed by atoms with Gasteiger partial charge in [-0.25, -0.2) is 4.98 Å². The Morgan fingerprint density at radius 2 is 1.90 bits per heavy atom. The van der Waals surface area contributed by atoms with Crippen LogP contribution in [0.3, 0.4) is 0 Å². The Labute approximate surface area is 124 Å². The second kappa shape index (κ2) is 4.65. The van der Waals surface area contributed by atoms with Gasteiger partial charge in [0, 0.05) is 12.1 Å². The zero-order chi connectivity index (χ0) is 14.5. The zero-order valence-corrected chi connectivity index (χ0v) is 13.3. The molecule has 0 aromatic carbocycles. The Hall–Kier alpha value is -0.715. The fraction of sp³-hybridized carbons (Fsp3) is 0.714. The first kappa shape index (κ1) is 14.2. The van der Waals surface area contributed by atoms with Gasteiger partial charge in [0.1, 0.15) is 0 Å². The van der Waals surface area contributed by atoms with Crippen LogP contribution in [0.2, 0.25) is 0 Å². The van der Waals surface area contributed by atoms with Gasteiger partial charge in [-0.05, 0) is 40.5 Å². The Morgan fingerprint density at radius 1 is 1.30 bits per heavy atom. The van der Waals surface area contributed by atoms with Gasteiger partial charge in [0.05, 0.1) is 16.0 Å². The summed E-state index contributed by atoms with van der Waals surface area (Å²) in [6.45, 7) is 8.09. The molecule has 1 aliphatic heterocycles. The molecule has 0 atom stereocenters. The van der Waals surface area contributed by atoms with Crippen molar-refractivity contribution >= 4 is 29.0 Å². The number of thiazole rings is 1. The summed E-state index contributed by atoms with van der Waals surface area (Å²) in [6.07, 6.45) is 4.89. The second-order valence-corrected chi connectivity index (χ2v) is 7.71. The van der Waals surface area contributed by atoms with E-state index in [9.17, 15) is 4.79 Å². The predicted octanol–water partition coefficient (Wildman–Crippen LogP) is 2.43. The fourth-order valence-electron chi connectivity index (χ4n) is 2.31. The molecular weight excluding hydrogens is 273 g/mol. The number of carbonyl (C=O) groups is 1. The maximum Gasteiger partial charge on any atom is 0.507 e. The molecule has 0 spiro atoms. The molecule has 0 bridgehead atoms. The minimum absolute atomic E-state index is 0.184. The molecule has 6 heteroatoms. The number of hydrogen-bond donors (Lipinski definition) is 0. The van der Waals surface area contributed by atoms with Crippen molar-refractivity contribution in [2.24, 2.45) is 5.92 Å². The van der Waals surface area contributed by atoms with E-state index in [1.54, 1.807) is 6.20 Å². The Bertz CT molecular complexity index is 520. The van der Waals surface area contributed by atoms with E-state index in [4.69, 9.17) is 9.31 Å². The van der Waals surface area contributed by atoms with E-state index in [0.717, 1.165) is 24.0 Å². The smallest absolute Gasteiger partial charge is 0.399 e. The first-order chi connectivity index (χ1) is 9.30. The van der Waals surface area contributed by atoms with E-state index >= 15 is 0 Å². The fourth-order valence-corrected chi connectivity index (χ4v) is 3.21. The third-order valence-electron chi connectivity index (χ3n) is 4.70. The lowest BCUT2D eigenvalue weighted by Gasteiger charge is -2.32. The van der Waals surface area contributed by atoms with Crippen LogP contribution in [0.5, 0.6) is 0 Å². The molecule has 2 fully saturated rings. The quantitative estimate of drug-likeness (QED) is 0.634. The molecule has 1 aromatic heterocycles. The van der Waals surface area contributed by atoms with Crippen LogP contribution in [0.25, 0.3) is 0 Å². The van der Waals surface area contributed by atoms with Crippen molar-refractivity contribution in [2.75, 3.05) is 0 Å². The number of aromatic nitrogens is 1. The van der Waals surface area contributed by atoms with Crippen LogP contribution in [0.4, 0.5) is 0 Å². The van der Waals surface area contributed by atoms with Crippen molar-refractivity contribution in [2.45, 2.75) is 58.2 Å². The molecular formula is C14H20BNO3S. The molecule has 2 heterocycles. The maximum absolute atomic E-state index is 12.2. The molecule has 0 radical (unpaired) electrons. The van der Waals surface area contributed by atoms with Crippen molar-refractivity contribution in [3.05, 3.63) is 11.2 Å². The Morgan fingerprint density at radius 3 is 2.40 bits per heavy atom. The molecule has 3 rings (SSSR count). The monoisotopic (exact) mass is 293 g/mol. The number of ketones is 1. The third-order valence-corrected chi connectivity index (χ3v) is 5.73. The highest BCUT2D eigenvalue weighted by Gasteiger charge is 2.52. The minimum atomic E-state index is -0.416. The van der Waals surface area contributed by atoms with E-state index in [0.29, 0.717) is 5.01 Å². The lowest BCUT2D eigenvalue weighted by molar-refractivity contribution is 0.00578. The van der Waals surface area contributed by atoms with Crippen LogP contribution in [0, 0.1) is 5.92 Å². The molecule has 2 aliphatic rings. The summed E-state index contributed by atoms with van der Waals surface area (Å²) in [5.41, 5.74) is -0.723. The number of rotatable bonds is 3. The van der Waals surface area contributed by atoms with Crippen LogP contribution in [-0.4, -0.2) is 29.1 Å². The summed E-state index contributed by atoms with van der Waals surface area (Å²) in [4.78, 5) is 16.4. The molecule has 0 unspecified atom stereocenters. The SMILES string of the molecule is CC1(C)OB(c2cnc(C(=O)C3CCC3)s2)OC1(C)C. The number of hydrogen-bond acceptors (Lipinski definition) is 5. The molecule has 0 amide bonds. The summed E-state index contributed by atoms with van der Waals surface area (Å²) < 4.78 is 12.8. The highest BCUT2D eigenvalue weighted by Crippen LogP contribution is 2.37. The molecule has 108 valence electrons. The van der Waals surface area contributed by atoms with Crippen molar-refractivity contribution in [3.8, 4) is 0 Å². The first-order valence-corrected chi connectivity index (χ1v) is 7.97. The van der Waals surface area contributed by atoms with Gasteiger partial charge in [0.15, 0.2) is 10.8 Å².